The summed E-state index contributed by atoms with van der Waals surface area (Å²) in [7, 11) is 0. The quantitative estimate of drug-likeness (QED) is 0.460. The number of hydrogen-bond acceptors (Lipinski definition) is 6. The van der Waals surface area contributed by atoms with Gasteiger partial charge < -0.3 is 14.8 Å². The molecule has 2 aromatic rings. The summed E-state index contributed by atoms with van der Waals surface area (Å²) in [5.41, 5.74) is 2.36. The number of nitrogens with one attached hydrogen (secondary N) is 1. The highest BCUT2D eigenvalue weighted by Crippen LogP contribution is 2.33. The largest absolute Gasteiger partial charge is 0.482 e. The molecule has 0 bridgehead atoms. The zero-order chi connectivity index (χ0) is 24.0. The lowest BCUT2D eigenvalue weighted by Gasteiger charge is -2.29. The molecule has 3 rings (SSSR count). The van der Waals surface area contributed by atoms with Crippen LogP contribution in [0.1, 0.15) is 55.5 Å². The van der Waals surface area contributed by atoms with Crippen LogP contribution < -0.4 is 15.0 Å². The van der Waals surface area contributed by atoms with E-state index in [0.29, 0.717) is 22.7 Å². The number of para-hydroxylation sites is 1. The minimum atomic E-state index is -0.442. The topological polar surface area (TPSA) is 102 Å². The van der Waals surface area contributed by atoms with Crippen molar-refractivity contribution in [2.75, 3.05) is 30.0 Å². The molecule has 174 valence electrons. The fraction of sp³-hybridized carbons (Fsp3) is 0.360. The number of carbonyl (C=O) groups excluding carboxylic acids is 4. The Morgan fingerprint density at radius 2 is 1.88 bits per heavy atom. The first-order valence-electron chi connectivity index (χ1n) is 10.9. The molecule has 1 heterocycles. The van der Waals surface area contributed by atoms with E-state index in [0.717, 1.165) is 5.56 Å². The number of hydrogen-bond donors (Lipinski definition) is 1. The van der Waals surface area contributed by atoms with E-state index in [9.17, 15) is 19.2 Å². The lowest BCUT2D eigenvalue weighted by Crippen LogP contribution is -2.43. The molecule has 8 heteroatoms. The average molecular weight is 453 g/mol. The minimum absolute atomic E-state index is 0.0150. The van der Waals surface area contributed by atoms with E-state index in [1.807, 2.05) is 38.1 Å². The van der Waals surface area contributed by atoms with Gasteiger partial charge in [-0.15, -0.1) is 0 Å². The zero-order valence-corrected chi connectivity index (χ0v) is 19.1. The second-order valence-corrected chi connectivity index (χ2v) is 7.97. The van der Waals surface area contributed by atoms with Crippen LogP contribution in [0.5, 0.6) is 5.75 Å². The molecule has 33 heavy (non-hydrogen) atoms. The van der Waals surface area contributed by atoms with Crippen LogP contribution in [0.25, 0.3) is 0 Å². The molecule has 1 aliphatic heterocycles. The van der Waals surface area contributed by atoms with Gasteiger partial charge in [-0.2, -0.15) is 0 Å². The summed E-state index contributed by atoms with van der Waals surface area (Å²) >= 11 is 0. The first kappa shape index (κ1) is 24.0. The molecule has 0 saturated carbocycles. The highest BCUT2D eigenvalue weighted by molar-refractivity contribution is 6.06. The third kappa shape index (κ3) is 5.97. The number of carbonyl (C=O) groups is 4. The maximum atomic E-state index is 12.8. The molecule has 0 aromatic heterocycles. The van der Waals surface area contributed by atoms with Crippen LogP contribution in [0, 0.1) is 0 Å². The van der Waals surface area contributed by atoms with Gasteiger partial charge in [-0.25, -0.2) is 0 Å². The smallest absolute Gasteiger partial charge is 0.306 e. The van der Waals surface area contributed by atoms with Gasteiger partial charge in [0.1, 0.15) is 12.3 Å². The van der Waals surface area contributed by atoms with Gasteiger partial charge in [0.2, 0.25) is 5.91 Å². The SMILES string of the molecule is CCOC(=O)CCC(=O)c1ccc2c(c1)N(CC(=O)Nc1ccccc1C(C)C)C(=O)CO2. The van der Waals surface area contributed by atoms with Crippen molar-refractivity contribution in [2.45, 2.75) is 39.5 Å². The summed E-state index contributed by atoms with van der Waals surface area (Å²) in [6, 6.07) is 12.2. The van der Waals surface area contributed by atoms with Crippen molar-refractivity contribution in [1.29, 1.82) is 0 Å². The Balaban J connectivity index is 1.76. The second kappa shape index (κ2) is 10.8. The van der Waals surface area contributed by atoms with Crippen LogP contribution >= 0.6 is 0 Å². The van der Waals surface area contributed by atoms with Crippen molar-refractivity contribution in [1.82, 2.24) is 0 Å². The first-order chi connectivity index (χ1) is 15.8. The standard InChI is InChI=1S/C25H28N2O6/c1-4-32-25(31)12-10-21(28)17-9-11-22-20(13-17)27(24(30)15-33-22)14-23(29)26-19-8-6-5-7-18(19)16(2)3/h5-9,11,13,16H,4,10,12,14-15H2,1-3H3,(H,26,29). The molecule has 2 aromatic carbocycles. The highest BCUT2D eigenvalue weighted by atomic mass is 16.5. The molecule has 0 fully saturated rings. The summed E-state index contributed by atoms with van der Waals surface area (Å²) in [5, 5.41) is 2.88. The van der Waals surface area contributed by atoms with E-state index in [1.165, 1.54) is 11.0 Å². The van der Waals surface area contributed by atoms with Crippen LogP contribution in [0.4, 0.5) is 11.4 Å². The van der Waals surface area contributed by atoms with Gasteiger partial charge in [0.15, 0.2) is 12.4 Å². The molecule has 8 nitrogen and oxygen atoms in total. The van der Waals surface area contributed by atoms with Gasteiger partial charge in [-0.3, -0.25) is 24.1 Å². The monoisotopic (exact) mass is 452 g/mol. The molecule has 0 saturated heterocycles. The van der Waals surface area contributed by atoms with Crippen molar-refractivity contribution < 1.29 is 28.7 Å². The van der Waals surface area contributed by atoms with Crippen LogP contribution in [-0.2, 0) is 19.1 Å². The Hall–Kier alpha value is -3.68. The number of esters is 1. The fourth-order valence-electron chi connectivity index (χ4n) is 3.59. The van der Waals surface area contributed by atoms with Gasteiger partial charge in [0.25, 0.3) is 5.91 Å². The summed E-state index contributed by atoms with van der Waals surface area (Å²) in [5.74, 6) is -0.821. The number of ether oxygens (including phenoxy) is 2. The van der Waals surface area contributed by atoms with Gasteiger partial charge in [-0.1, -0.05) is 32.0 Å². The number of nitrogens with zero attached hydrogens (tertiary/aromatic N) is 1. The summed E-state index contributed by atoms with van der Waals surface area (Å²) in [4.78, 5) is 50.8. The summed E-state index contributed by atoms with van der Waals surface area (Å²) < 4.78 is 10.3. The number of ketones is 1. The van der Waals surface area contributed by atoms with Crippen molar-refractivity contribution >= 4 is 34.9 Å². The Morgan fingerprint density at radius 1 is 1.12 bits per heavy atom. The Morgan fingerprint density at radius 3 is 2.61 bits per heavy atom. The Bertz CT molecular complexity index is 1060. The lowest BCUT2D eigenvalue weighted by molar-refractivity contribution is -0.143. The van der Waals surface area contributed by atoms with E-state index in [2.05, 4.69) is 5.32 Å². The van der Waals surface area contributed by atoms with E-state index in [4.69, 9.17) is 9.47 Å². The maximum absolute atomic E-state index is 12.8. The second-order valence-electron chi connectivity index (χ2n) is 7.97. The maximum Gasteiger partial charge on any atom is 0.306 e. The average Bonchev–Trinajstić information content (AvgIpc) is 2.79. The predicted molar refractivity (Wildman–Crippen MR) is 124 cm³/mol. The first-order valence-corrected chi connectivity index (χ1v) is 10.9. The fourth-order valence-corrected chi connectivity index (χ4v) is 3.59. The van der Waals surface area contributed by atoms with Gasteiger partial charge >= 0.3 is 5.97 Å². The number of fused-ring (bicyclic) bond motifs is 1. The molecule has 1 aliphatic rings. The number of benzene rings is 2. The molecule has 0 radical (unpaired) electrons. The molecule has 0 spiro atoms. The van der Waals surface area contributed by atoms with Gasteiger partial charge in [0.05, 0.1) is 18.7 Å². The molecular formula is C25H28N2O6. The van der Waals surface area contributed by atoms with Gasteiger partial charge in [0, 0.05) is 17.7 Å². The molecule has 0 aliphatic carbocycles. The Labute approximate surface area is 192 Å². The minimum Gasteiger partial charge on any atom is -0.482 e. The molecule has 1 N–H and O–H groups in total. The molecular weight excluding hydrogens is 424 g/mol. The van der Waals surface area contributed by atoms with Crippen molar-refractivity contribution in [3.05, 3.63) is 53.6 Å². The van der Waals surface area contributed by atoms with E-state index in [1.54, 1.807) is 19.1 Å². The highest BCUT2D eigenvalue weighted by Gasteiger charge is 2.28. The number of Topliss-reactive ketones (excluding diaryl/α,β-unsaturated/α-hetero) is 1. The number of anilines is 2. The summed E-state index contributed by atoms with van der Waals surface area (Å²) in [6.45, 7) is 5.61. The van der Waals surface area contributed by atoms with Gasteiger partial charge in [-0.05, 0) is 42.7 Å². The lowest BCUT2D eigenvalue weighted by atomic mass is 10.0. The van der Waals surface area contributed by atoms with E-state index >= 15 is 0 Å². The van der Waals surface area contributed by atoms with Crippen molar-refractivity contribution in [2.24, 2.45) is 0 Å². The third-order valence-corrected chi connectivity index (χ3v) is 5.24. The van der Waals surface area contributed by atoms with E-state index in [-0.39, 0.29) is 56.1 Å². The van der Waals surface area contributed by atoms with Crippen LogP contribution in [0.15, 0.2) is 42.5 Å². The normalized spacial score (nSPS) is 12.7. The van der Waals surface area contributed by atoms with Crippen LogP contribution in [0.3, 0.4) is 0 Å². The summed E-state index contributed by atoms with van der Waals surface area (Å²) in [6.07, 6.45) is -0.0422. The van der Waals surface area contributed by atoms with E-state index < -0.39 is 5.97 Å². The zero-order valence-electron chi connectivity index (χ0n) is 19.1. The number of rotatable bonds is 9. The molecule has 2 amide bonds. The third-order valence-electron chi connectivity index (χ3n) is 5.24. The van der Waals surface area contributed by atoms with Crippen molar-refractivity contribution in [3.8, 4) is 5.75 Å². The Kier molecular flexibility index (Phi) is 7.82. The number of amides is 2. The molecule has 0 unspecified atom stereocenters. The van der Waals surface area contributed by atoms with Crippen molar-refractivity contribution in [3.63, 3.8) is 0 Å². The van der Waals surface area contributed by atoms with Crippen LogP contribution in [-0.4, -0.2) is 43.3 Å². The van der Waals surface area contributed by atoms with Crippen LogP contribution in [0.2, 0.25) is 0 Å². The predicted octanol–water partition coefficient (Wildman–Crippen LogP) is 3.70. The molecule has 0 atom stereocenters.